The fraction of sp³-hybridized carbons (Fsp3) is 0.946. The van der Waals surface area contributed by atoms with E-state index in [1.165, 1.54) is 6.42 Å². The number of hydrogen-bond donors (Lipinski definition) is 0. The molecule has 0 radical (unpaired) electrons. The lowest BCUT2D eigenvalue weighted by molar-refractivity contribution is -0.176. The van der Waals surface area contributed by atoms with Crippen LogP contribution in [0.25, 0.3) is 0 Å². The van der Waals surface area contributed by atoms with Crippen molar-refractivity contribution in [2.24, 2.45) is 23.7 Å². The third-order valence-electron chi connectivity index (χ3n) is 11.5. The van der Waals surface area contributed by atoms with Crippen molar-refractivity contribution < 1.29 is 33.3 Å². The summed E-state index contributed by atoms with van der Waals surface area (Å²) in [5.74, 6) is -0.919. The van der Waals surface area contributed by atoms with Gasteiger partial charge in [-0.15, -0.1) is 0 Å². The Labute approximate surface area is 274 Å². The molecule has 0 aliphatic carbocycles. The van der Waals surface area contributed by atoms with Crippen molar-refractivity contribution in [3.63, 3.8) is 0 Å². The van der Waals surface area contributed by atoms with Crippen molar-refractivity contribution in [1.29, 1.82) is 0 Å². The zero-order chi connectivity index (χ0) is 32.7. The second-order valence-corrected chi connectivity index (χ2v) is 14.9. The standard InChI is InChI=1S/C37H65NO7/c1-9-13-25(38(7)8)21-27-16-18-33(42-27)29(11-3)35-23(5)31-19-20-34(44-31)30(12-4)37(40)43-26(14-10-2)22-28-15-17-32(41-28)24(6)36(39)45-35/h23-35H,9-22H2,1-8H3/t23-,24+,25-,26+,27+,28+,29-,30-,31+,32-,33-,34-,35-/m1/s1. The highest BCUT2D eigenvalue weighted by molar-refractivity contribution is 5.73. The van der Waals surface area contributed by atoms with Gasteiger partial charge >= 0.3 is 11.9 Å². The summed E-state index contributed by atoms with van der Waals surface area (Å²) in [7, 11) is 4.33. The Balaban J connectivity index is 1.56. The number of fused-ring (bicyclic) bond motifs is 4. The fourth-order valence-electron chi connectivity index (χ4n) is 8.66. The van der Waals surface area contributed by atoms with Gasteiger partial charge in [-0.25, -0.2) is 0 Å². The van der Waals surface area contributed by atoms with E-state index < -0.39 is 0 Å². The minimum Gasteiger partial charge on any atom is -0.462 e. The number of ether oxygens (including phenoxy) is 5. The first-order valence-electron chi connectivity index (χ1n) is 18.6. The van der Waals surface area contributed by atoms with Crippen molar-refractivity contribution in [3.05, 3.63) is 0 Å². The second-order valence-electron chi connectivity index (χ2n) is 14.9. The number of rotatable bonds is 11. The molecule has 13 atom stereocenters. The molecule has 8 nitrogen and oxygen atoms in total. The van der Waals surface area contributed by atoms with E-state index in [2.05, 4.69) is 53.6 Å². The van der Waals surface area contributed by atoms with Gasteiger partial charge in [-0.2, -0.15) is 0 Å². The Morgan fingerprint density at radius 3 is 2.18 bits per heavy atom. The average Bonchev–Trinajstić information content (AvgIpc) is 3.78. The summed E-state index contributed by atoms with van der Waals surface area (Å²) < 4.78 is 32.7. The van der Waals surface area contributed by atoms with Gasteiger partial charge in [-0.05, 0) is 91.6 Å². The number of esters is 2. The molecule has 8 heteroatoms. The molecule has 0 aromatic carbocycles. The van der Waals surface area contributed by atoms with Crippen molar-refractivity contribution in [3.8, 4) is 0 Å². The van der Waals surface area contributed by atoms with Gasteiger partial charge in [0.1, 0.15) is 12.2 Å². The molecule has 4 heterocycles. The lowest BCUT2D eigenvalue weighted by Gasteiger charge is -2.38. The molecule has 0 saturated carbocycles. The Morgan fingerprint density at radius 2 is 1.51 bits per heavy atom. The van der Waals surface area contributed by atoms with Gasteiger partial charge < -0.3 is 28.6 Å². The van der Waals surface area contributed by atoms with Gasteiger partial charge in [-0.1, -0.05) is 47.5 Å². The minimum absolute atomic E-state index is 0.0182. The molecule has 4 fully saturated rings. The number of cyclic esters (lactones) is 2. The molecule has 4 aliphatic heterocycles. The van der Waals surface area contributed by atoms with E-state index >= 15 is 0 Å². The Hall–Kier alpha value is -1.22. The molecule has 45 heavy (non-hydrogen) atoms. The molecule has 0 aromatic rings. The summed E-state index contributed by atoms with van der Waals surface area (Å²) >= 11 is 0. The van der Waals surface area contributed by atoms with Crippen LogP contribution in [0.5, 0.6) is 0 Å². The van der Waals surface area contributed by atoms with Crippen LogP contribution in [0.3, 0.4) is 0 Å². The van der Waals surface area contributed by atoms with Gasteiger partial charge in [0.15, 0.2) is 0 Å². The zero-order valence-corrected chi connectivity index (χ0v) is 29.7. The molecule has 4 rings (SSSR count). The number of carbonyl (C=O) groups is 2. The molecule has 0 amide bonds. The smallest absolute Gasteiger partial charge is 0.311 e. The third kappa shape index (κ3) is 9.23. The maximum atomic E-state index is 13.9. The first-order valence-corrected chi connectivity index (χ1v) is 18.6. The highest BCUT2D eigenvalue weighted by Gasteiger charge is 2.47. The van der Waals surface area contributed by atoms with Gasteiger partial charge in [-0.3, -0.25) is 9.59 Å². The molecule has 260 valence electrons. The first kappa shape index (κ1) is 36.6. The summed E-state index contributed by atoms with van der Waals surface area (Å²) in [5.41, 5.74) is 0. The van der Waals surface area contributed by atoms with Crippen LogP contribution in [0.2, 0.25) is 0 Å². The predicted octanol–water partition coefficient (Wildman–Crippen LogP) is 7.10. The molecule has 4 aliphatic rings. The molecule has 0 N–H and O–H groups in total. The van der Waals surface area contributed by atoms with E-state index in [1.54, 1.807) is 0 Å². The Kier molecular flexibility index (Phi) is 14.0. The summed E-state index contributed by atoms with van der Waals surface area (Å²) in [5, 5.41) is 0. The number of hydrogen-bond acceptors (Lipinski definition) is 8. The average molecular weight is 636 g/mol. The van der Waals surface area contributed by atoms with Crippen molar-refractivity contribution in [1.82, 2.24) is 4.90 Å². The summed E-state index contributed by atoms with van der Waals surface area (Å²) in [4.78, 5) is 29.8. The number of nitrogens with zero attached hydrogens (tertiary/aromatic N) is 1. The maximum absolute atomic E-state index is 13.9. The summed E-state index contributed by atoms with van der Waals surface area (Å²) in [6, 6.07) is 0.508. The van der Waals surface area contributed by atoms with Gasteiger partial charge in [0, 0.05) is 24.3 Å². The highest BCUT2D eigenvalue weighted by atomic mass is 16.6. The van der Waals surface area contributed by atoms with Crippen LogP contribution in [0.4, 0.5) is 0 Å². The Morgan fingerprint density at radius 1 is 0.778 bits per heavy atom. The molecule has 0 unspecified atom stereocenters. The van der Waals surface area contributed by atoms with E-state index in [1.807, 2.05) is 6.92 Å². The normalized spacial score (nSPS) is 39.5. The van der Waals surface area contributed by atoms with Crippen LogP contribution in [0.15, 0.2) is 0 Å². The lowest BCUT2D eigenvalue weighted by atomic mass is 9.81. The zero-order valence-electron chi connectivity index (χ0n) is 29.7. The monoisotopic (exact) mass is 635 g/mol. The van der Waals surface area contributed by atoms with Crippen LogP contribution < -0.4 is 0 Å². The van der Waals surface area contributed by atoms with Crippen molar-refractivity contribution in [2.45, 2.75) is 186 Å². The largest absolute Gasteiger partial charge is 0.462 e. The van der Waals surface area contributed by atoms with Crippen molar-refractivity contribution in [2.75, 3.05) is 14.1 Å². The molecular formula is C37H65NO7. The summed E-state index contributed by atoms with van der Waals surface area (Å²) in [6.07, 6.45) is 12.0. The molecule has 4 bridgehead atoms. The van der Waals surface area contributed by atoms with Crippen LogP contribution in [0.1, 0.15) is 131 Å². The van der Waals surface area contributed by atoms with E-state index in [-0.39, 0.29) is 84.4 Å². The number of carbonyl (C=O) groups excluding carboxylic acids is 2. The second kappa shape index (κ2) is 17.3. The fourth-order valence-corrected chi connectivity index (χ4v) is 8.66. The molecular weight excluding hydrogens is 570 g/mol. The van der Waals surface area contributed by atoms with Crippen LogP contribution in [-0.4, -0.2) is 85.8 Å². The van der Waals surface area contributed by atoms with Gasteiger partial charge in [0.2, 0.25) is 0 Å². The van der Waals surface area contributed by atoms with E-state index in [0.717, 1.165) is 70.6 Å². The van der Waals surface area contributed by atoms with Crippen molar-refractivity contribution >= 4 is 11.9 Å². The van der Waals surface area contributed by atoms with E-state index in [9.17, 15) is 9.59 Å². The molecule has 0 aromatic heterocycles. The third-order valence-corrected chi connectivity index (χ3v) is 11.5. The SMILES string of the molecule is CCC[C@H]1C[C@@H]2CC[C@@H](O2)[C@H](C)C(=O)O[C@@H]([C@H](CC)[C@H]2CC[C@@H](C[C@@H](CCC)N(C)C)O2)[C@H](C)[C@@H]2CC[C@@H](O2)[C@@H](CC)C(=O)O1. The molecule has 0 spiro atoms. The quantitative estimate of drug-likeness (QED) is 0.222. The molecule has 4 saturated heterocycles. The van der Waals surface area contributed by atoms with E-state index in [4.69, 9.17) is 23.7 Å². The lowest BCUT2D eigenvalue weighted by Crippen LogP contribution is -2.45. The predicted molar refractivity (Wildman–Crippen MR) is 176 cm³/mol. The van der Waals surface area contributed by atoms with E-state index in [0.29, 0.717) is 18.9 Å². The Bertz CT molecular complexity index is 928. The van der Waals surface area contributed by atoms with Gasteiger partial charge in [0.05, 0.1) is 48.5 Å². The maximum Gasteiger partial charge on any atom is 0.311 e. The summed E-state index contributed by atoms with van der Waals surface area (Å²) in [6.45, 7) is 12.7. The van der Waals surface area contributed by atoms with Crippen LogP contribution in [0, 0.1) is 23.7 Å². The highest BCUT2D eigenvalue weighted by Crippen LogP contribution is 2.41. The van der Waals surface area contributed by atoms with Crippen LogP contribution >= 0.6 is 0 Å². The first-order chi connectivity index (χ1) is 21.6. The topological polar surface area (TPSA) is 83.5 Å². The van der Waals surface area contributed by atoms with Crippen LogP contribution in [-0.2, 0) is 33.3 Å². The minimum atomic E-state index is -0.365. The van der Waals surface area contributed by atoms with Gasteiger partial charge in [0.25, 0.3) is 0 Å².